The van der Waals surface area contributed by atoms with Gasteiger partial charge in [0.25, 0.3) is 0 Å². The maximum absolute atomic E-state index is 11.4. The Morgan fingerprint density at radius 3 is 1.67 bits per heavy atom. The SMILES string of the molecule is O=C(O)[C@@H](OC(=O)[C@H](O)[C@@H](O)[C@H](O)CO)[C@H](O)[C@H](O)CO. The standard InChI is InChI=1S/C10H18O11/c11-1-3(13)5(15)7(17)10(20)21-8(9(18)19)6(16)4(14)2-12/h3-8,11-17H,1-2H2,(H,18,19)/t3-,4-,5+,6-,7-,8+/m1/s1. The zero-order valence-electron chi connectivity index (χ0n) is 10.7. The van der Waals surface area contributed by atoms with E-state index >= 15 is 0 Å². The Bertz CT molecular complexity index is 346. The van der Waals surface area contributed by atoms with Gasteiger partial charge in [0.15, 0.2) is 6.10 Å². The van der Waals surface area contributed by atoms with Crippen LogP contribution in [0.3, 0.4) is 0 Å². The minimum Gasteiger partial charge on any atom is -0.478 e. The van der Waals surface area contributed by atoms with Crippen LogP contribution >= 0.6 is 0 Å². The average molecular weight is 314 g/mol. The second-order valence-electron chi connectivity index (χ2n) is 4.12. The van der Waals surface area contributed by atoms with E-state index < -0.39 is 61.8 Å². The van der Waals surface area contributed by atoms with E-state index in [1.165, 1.54) is 0 Å². The van der Waals surface area contributed by atoms with Gasteiger partial charge in [-0.2, -0.15) is 0 Å². The van der Waals surface area contributed by atoms with E-state index in [9.17, 15) is 24.9 Å². The lowest BCUT2D eigenvalue weighted by Crippen LogP contribution is -2.50. The van der Waals surface area contributed by atoms with Crippen LogP contribution in [0.15, 0.2) is 0 Å². The fourth-order valence-electron chi connectivity index (χ4n) is 1.23. The normalized spacial score (nSPS) is 20.0. The highest BCUT2D eigenvalue weighted by molar-refractivity contribution is 5.81. The Morgan fingerprint density at radius 2 is 1.29 bits per heavy atom. The van der Waals surface area contributed by atoms with Crippen LogP contribution in [-0.4, -0.2) is 103 Å². The molecular weight excluding hydrogens is 296 g/mol. The Kier molecular flexibility index (Phi) is 8.27. The van der Waals surface area contributed by atoms with Crippen molar-refractivity contribution in [3.05, 3.63) is 0 Å². The van der Waals surface area contributed by atoms with Crippen molar-refractivity contribution in [1.29, 1.82) is 0 Å². The van der Waals surface area contributed by atoms with Crippen molar-refractivity contribution in [1.82, 2.24) is 0 Å². The number of rotatable bonds is 9. The van der Waals surface area contributed by atoms with Gasteiger partial charge in [-0.3, -0.25) is 0 Å². The number of ether oxygens (including phenoxy) is 1. The average Bonchev–Trinajstić information content (AvgIpc) is 2.47. The molecule has 0 fully saturated rings. The predicted octanol–water partition coefficient (Wildman–Crippen LogP) is -5.23. The van der Waals surface area contributed by atoms with Crippen LogP contribution < -0.4 is 0 Å². The molecule has 0 heterocycles. The fraction of sp³-hybridized carbons (Fsp3) is 0.800. The number of carboxylic acids is 1. The van der Waals surface area contributed by atoms with Gasteiger partial charge in [-0.15, -0.1) is 0 Å². The summed E-state index contributed by atoms with van der Waals surface area (Å²) in [6.07, 6.45) is -12.9. The molecule has 0 rings (SSSR count). The van der Waals surface area contributed by atoms with Crippen LogP contribution in [0.25, 0.3) is 0 Å². The van der Waals surface area contributed by atoms with Gasteiger partial charge in [-0.05, 0) is 0 Å². The molecule has 0 aliphatic rings. The maximum Gasteiger partial charge on any atom is 0.347 e. The van der Waals surface area contributed by atoms with Gasteiger partial charge in [0.05, 0.1) is 13.2 Å². The number of esters is 1. The van der Waals surface area contributed by atoms with E-state index in [4.69, 9.17) is 25.5 Å². The molecule has 0 bridgehead atoms. The Balaban J connectivity index is 4.87. The quantitative estimate of drug-likeness (QED) is 0.189. The first-order valence-electron chi connectivity index (χ1n) is 5.72. The smallest absolute Gasteiger partial charge is 0.347 e. The lowest BCUT2D eigenvalue weighted by molar-refractivity contribution is -0.190. The van der Waals surface area contributed by atoms with Gasteiger partial charge in [0.2, 0.25) is 6.10 Å². The highest BCUT2D eigenvalue weighted by Gasteiger charge is 2.39. The molecule has 0 unspecified atom stereocenters. The lowest BCUT2D eigenvalue weighted by Gasteiger charge is -2.25. The van der Waals surface area contributed by atoms with Gasteiger partial charge in [0.1, 0.15) is 24.4 Å². The number of aliphatic hydroxyl groups is 7. The molecular formula is C10H18O11. The van der Waals surface area contributed by atoms with Crippen LogP contribution in [0.2, 0.25) is 0 Å². The summed E-state index contributed by atoms with van der Waals surface area (Å²) in [5, 5.41) is 71.9. The van der Waals surface area contributed by atoms with Crippen LogP contribution in [0.4, 0.5) is 0 Å². The van der Waals surface area contributed by atoms with Crippen molar-refractivity contribution in [2.24, 2.45) is 0 Å². The molecule has 0 spiro atoms. The third-order valence-corrected chi connectivity index (χ3v) is 2.52. The highest BCUT2D eigenvalue weighted by Crippen LogP contribution is 2.09. The number of carbonyl (C=O) groups excluding carboxylic acids is 1. The summed E-state index contributed by atoms with van der Waals surface area (Å²) in [4.78, 5) is 22.2. The van der Waals surface area contributed by atoms with Gasteiger partial charge >= 0.3 is 11.9 Å². The highest BCUT2D eigenvalue weighted by atomic mass is 16.6. The summed E-state index contributed by atoms with van der Waals surface area (Å²) in [6.45, 7) is -2.00. The topological polar surface area (TPSA) is 205 Å². The Hall–Kier alpha value is -1.34. The summed E-state index contributed by atoms with van der Waals surface area (Å²) in [5.74, 6) is -3.60. The molecule has 0 aromatic rings. The van der Waals surface area contributed by atoms with Crippen molar-refractivity contribution in [3.63, 3.8) is 0 Å². The largest absolute Gasteiger partial charge is 0.478 e. The summed E-state index contributed by atoms with van der Waals surface area (Å²) in [5.41, 5.74) is 0. The summed E-state index contributed by atoms with van der Waals surface area (Å²) < 4.78 is 4.21. The van der Waals surface area contributed by atoms with Crippen molar-refractivity contribution in [2.45, 2.75) is 36.6 Å². The molecule has 0 aromatic heterocycles. The fourth-order valence-corrected chi connectivity index (χ4v) is 1.23. The number of aliphatic carboxylic acids is 1. The molecule has 0 aliphatic carbocycles. The molecule has 0 saturated carbocycles. The predicted molar refractivity (Wildman–Crippen MR) is 61.7 cm³/mol. The third kappa shape index (κ3) is 5.51. The number of aliphatic hydroxyl groups excluding tert-OH is 7. The Morgan fingerprint density at radius 1 is 0.857 bits per heavy atom. The number of carboxylic acid groups (broad SMARTS) is 1. The summed E-state index contributed by atoms with van der Waals surface area (Å²) >= 11 is 0. The molecule has 0 aliphatic heterocycles. The second kappa shape index (κ2) is 8.84. The molecule has 0 aromatic carbocycles. The molecule has 6 atom stereocenters. The van der Waals surface area contributed by atoms with E-state index in [1.807, 2.05) is 0 Å². The molecule has 11 heteroatoms. The first kappa shape index (κ1) is 19.7. The molecule has 0 radical (unpaired) electrons. The zero-order chi connectivity index (χ0) is 16.7. The third-order valence-electron chi connectivity index (χ3n) is 2.52. The zero-order valence-corrected chi connectivity index (χ0v) is 10.7. The van der Waals surface area contributed by atoms with Crippen LogP contribution in [0.5, 0.6) is 0 Å². The summed E-state index contributed by atoms with van der Waals surface area (Å²) in [7, 11) is 0. The van der Waals surface area contributed by atoms with E-state index in [-0.39, 0.29) is 0 Å². The van der Waals surface area contributed by atoms with Crippen molar-refractivity contribution in [2.75, 3.05) is 13.2 Å². The second-order valence-corrected chi connectivity index (χ2v) is 4.12. The van der Waals surface area contributed by atoms with Crippen molar-refractivity contribution < 1.29 is 55.2 Å². The van der Waals surface area contributed by atoms with E-state index in [0.29, 0.717) is 0 Å². The summed E-state index contributed by atoms with van der Waals surface area (Å²) in [6, 6.07) is 0. The monoisotopic (exact) mass is 314 g/mol. The van der Waals surface area contributed by atoms with Gasteiger partial charge < -0.3 is 45.6 Å². The van der Waals surface area contributed by atoms with Crippen molar-refractivity contribution in [3.8, 4) is 0 Å². The van der Waals surface area contributed by atoms with Crippen LogP contribution in [0, 0.1) is 0 Å². The van der Waals surface area contributed by atoms with Crippen LogP contribution in [0.1, 0.15) is 0 Å². The lowest BCUT2D eigenvalue weighted by atomic mass is 10.1. The number of carbonyl (C=O) groups is 2. The van der Waals surface area contributed by atoms with Gasteiger partial charge in [0, 0.05) is 0 Å². The minimum absolute atomic E-state index is 0.986. The Labute approximate surface area is 118 Å². The molecule has 11 nitrogen and oxygen atoms in total. The van der Waals surface area contributed by atoms with Gasteiger partial charge in [-0.1, -0.05) is 0 Å². The number of hydrogen-bond acceptors (Lipinski definition) is 10. The molecule has 0 saturated heterocycles. The first-order valence-corrected chi connectivity index (χ1v) is 5.72. The van der Waals surface area contributed by atoms with Crippen molar-refractivity contribution >= 4 is 11.9 Å². The first-order chi connectivity index (χ1) is 9.67. The maximum atomic E-state index is 11.4. The molecule has 124 valence electrons. The minimum atomic E-state index is -2.40. The van der Waals surface area contributed by atoms with E-state index in [0.717, 1.165) is 0 Å². The molecule has 21 heavy (non-hydrogen) atoms. The number of hydrogen-bond donors (Lipinski definition) is 8. The van der Waals surface area contributed by atoms with Gasteiger partial charge in [-0.25, -0.2) is 9.59 Å². The molecule has 8 N–H and O–H groups in total. The molecule has 0 amide bonds. The van der Waals surface area contributed by atoms with E-state index in [1.54, 1.807) is 0 Å². The van der Waals surface area contributed by atoms with E-state index in [2.05, 4.69) is 4.74 Å². The van der Waals surface area contributed by atoms with Crippen LogP contribution in [-0.2, 0) is 14.3 Å².